The molecular formula is C8H17N5OS. The topological polar surface area (TPSA) is 72.7 Å². The van der Waals surface area contributed by atoms with Gasteiger partial charge < -0.3 is 5.32 Å². The SMILES string of the molecule is CCCNCc1nnnn1CCS(C)=O. The molecule has 1 N–H and O–H groups in total. The van der Waals surface area contributed by atoms with Gasteiger partial charge in [-0.1, -0.05) is 6.92 Å². The Labute approximate surface area is 91.9 Å². The standard InChI is InChI=1S/C8H17N5OS/c1-3-4-9-7-8-10-11-12-13(8)5-6-15(2)14/h9H,3-7H2,1-2H3. The minimum atomic E-state index is -0.803. The number of rotatable bonds is 7. The van der Waals surface area contributed by atoms with Gasteiger partial charge in [0.2, 0.25) is 0 Å². The maximum atomic E-state index is 10.9. The molecule has 0 amide bonds. The number of nitrogens with zero attached hydrogens (tertiary/aromatic N) is 4. The fourth-order valence-corrected chi connectivity index (χ4v) is 1.55. The molecule has 1 unspecified atom stereocenters. The van der Waals surface area contributed by atoms with E-state index in [0.717, 1.165) is 18.8 Å². The average Bonchev–Trinajstić information content (AvgIpc) is 2.63. The molecule has 1 atom stereocenters. The van der Waals surface area contributed by atoms with Gasteiger partial charge in [-0.3, -0.25) is 4.21 Å². The number of nitrogens with one attached hydrogen (secondary N) is 1. The molecular weight excluding hydrogens is 214 g/mol. The van der Waals surface area contributed by atoms with Gasteiger partial charge in [0.05, 0.1) is 13.1 Å². The first-order chi connectivity index (χ1) is 7.24. The van der Waals surface area contributed by atoms with Gasteiger partial charge in [0, 0.05) is 22.8 Å². The van der Waals surface area contributed by atoms with Crippen molar-refractivity contribution in [2.75, 3.05) is 18.6 Å². The highest BCUT2D eigenvalue weighted by atomic mass is 32.2. The predicted octanol–water partition coefficient (Wildman–Crippen LogP) is -0.449. The van der Waals surface area contributed by atoms with Crippen molar-refractivity contribution in [1.29, 1.82) is 0 Å². The molecule has 0 aliphatic carbocycles. The summed E-state index contributed by atoms with van der Waals surface area (Å²) in [7, 11) is -0.803. The van der Waals surface area contributed by atoms with Crippen LogP contribution in [0.15, 0.2) is 0 Å². The Kier molecular flexibility index (Phi) is 5.41. The largest absolute Gasteiger partial charge is 0.310 e. The summed E-state index contributed by atoms with van der Waals surface area (Å²) in [6, 6.07) is 0. The Morgan fingerprint density at radius 2 is 2.33 bits per heavy atom. The van der Waals surface area contributed by atoms with E-state index in [1.165, 1.54) is 0 Å². The summed E-state index contributed by atoms with van der Waals surface area (Å²) in [4.78, 5) is 0. The third-order valence-corrected chi connectivity index (χ3v) is 2.66. The lowest BCUT2D eigenvalue weighted by Crippen LogP contribution is -2.19. The van der Waals surface area contributed by atoms with Crippen LogP contribution >= 0.6 is 0 Å². The van der Waals surface area contributed by atoms with Gasteiger partial charge in [0.1, 0.15) is 0 Å². The summed E-state index contributed by atoms with van der Waals surface area (Å²) < 4.78 is 12.6. The molecule has 0 spiro atoms. The number of tetrazole rings is 1. The lowest BCUT2D eigenvalue weighted by molar-refractivity contribution is 0.564. The van der Waals surface area contributed by atoms with Crippen LogP contribution in [-0.2, 0) is 23.9 Å². The summed E-state index contributed by atoms with van der Waals surface area (Å²) in [5, 5.41) is 14.6. The molecule has 1 rings (SSSR count). The van der Waals surface area contributed by atoms with Crippen LogP contribution in [0.25, 0.3) is 0 Å². The number of aromatic nitrogens is 4. The van der Waals surface area contributed by atoms with Crippen molar-refractivity contribution in [3.8, 4) is 0 Å². The Hall–Kier alpha value is -0.820. The molecule has 0 fully saturated rings. The number of hydrogen-bond acceptors (Lipinski definition) is 5. The van der Waals surface area contributed by atoms with Gasteiger partial charge in [-0.05, 0) is 23.4 Å². The molecule has 0 bridgehead atoms. The molecule has 0 saturated carbocycles. The van der Waals surface area contributed by atoms with Crippen LogP contribution in [0.4, 0.5) is 0 Å². The molecule has 0 saturated heterocycles. The van der Waals surface area contributed by atoms with E-state index < -0.39 is 10.8 Å². The lowest BCUT2D eigenvalue weighted by atomic mass is 10.4. The van der Waals surface area contributed by atoms with Crippen molar-refractivity contribution in [2.24, 2.45) is 0 Å². The van der Waals surface area contributed by atoms with Gasteiger partial charge in [-0.2, -0.15) is 0 Å². The lowest BCUT2D eigenvalue weighted by Gasteiger charge is -2.03. The zero-order valence-corrected chi connectivity index (χ0v) is 9.96. The highest BCUT2D eigenvalue weighted by molar-refractivity contribution is 7.84. The third-order valence-electron chi connectivity index (χ3n) is 1.91. The molecule has 1 aromatic rings. The Morgan fingerprint density at radius 3 is 3.00 bits per heavy atom. The third kappa shape index (κ3) is 4.48. The maximum Gasteiger partial charge on any atom is 0.165 e. The molecule has 0 aromatic carbocycles. The molecule has 1 heterocycles. The van der Waals surface area contributed by atoms with E-state index in [0.29, 0.717) is 18.8 Å². The van der Waals surface area contributed by atoms with Crippen LogP contribution in [0, 0.1) is 0 Å². The summed E-state index contributed by atoms with van der Waals surface area (Å²) in [6.07, 6.45) is 2.76. The predicted molar refractivity (Wildman–Crippen MR) is 58.7 cm³/mol. The molecule has 1 aromatic heterocycles. The highest BCUT2D eigenvalue weighted by Crippen LogP contribution is 1.92. The quantitative estimate of drug-likeness (QED) is 0.644. The van der Waals surface area contributed by atoms with Gasteiger partial charge >= 0.3 is 0 Å². The minimum Gasteiger partial charge on any atom is -0.310 e. The van der Waals surface area contributed by atoms with Crippen molar-refractivity contribution < 1.29 is 4.21 Å². The Morgan fingerprint density at radius 1 is 1.53 bits per heavy atom. The Bertz CT molecular complexity index is 314. The fraction of sp³-hybridized carbons (Fsp3) is 0.875. The average molecular weight is 231 g/mol. The van der Waals surface area contributed by atoms with Crippen molar-refractivity contribution >= 4 is 10.8 Å². The van der Waals surface area contributed by atoms with E-state index in [1.807, 2.05) is 0 Å². The van der Waals surface area contributed by atoms with E-state index in [2.05, 4.69) is 27.8 Å². The second-order valence-corrected chi connectivity index (χ2v) is 4.83. The smallest absolute Gasteiger partial charge is 0.165 e. The number of aryl methyl sites for hydroxylation is 1. The Balaban J connectivity index is 2.42. The second-order valence-electron chi connectivity index (χ2n) is 3.27. The minimum absolute atomic E-state index is 0.589. The zero-order chi connectivity index (χ0) is 11.1. The van der Waals surface area contributed by atoms with Gasteiger partial charge in [0.25, 0.3) is 0 Å². The monoisotopic (exact) mass is 231 g/mol. The van der Waals surface area contributed by atoms with Crippen LogP contribution < -0.4 is 5.32 Å². The molecule has 0 radical (unpaired) electrons. The van der Waals surface area contributed by atoms with Crippen LogP contribution in [0.1, 0.15) is 19.2 Å². The van der Waals surface area contributed by atoms with Gasteiger partial charge in [0.15, 0.2) is 5.82 Å². The molecule has 6 nitrogen and oxygen atoms in total. The normalized spacial score (nSPS) is 12.9. The molecule has 0 aliphatic rings. The van der Waals surface area contributed by atoms with Crippen molar-refractivity contribution in [3.63, 3.8) is 0 Å². The van der Waals surface area contributed by atoms with Gasteiger partial charge in [-0.15, -0.1) is 5.10 Å². The molecule has 0 aliphatic heterocycles. The maximum absolute atomic E-state index is 10.9. The van der Waals surface area contributed by atoms with E-state index >= 15 is 0 Å². The first-order valence-corrected chi connectivity index (χ1v) is 6.72. The highest BCUT2D eigenvalue weighted by Gasteiger charge is 2.05. The van der Waals surface area contributed by atoms with E-state index in [1.54, 1.807) is 10.9 Å². The summed E-state index contributed by atoms with van der Waals surface area (Å²) in [6.45, 7) is 4.33. The van der Waals surface area contributed by atoms with Crippen LogP contribution in [-0.4, -0.2) is 43.0 Å². The van der Waals surface area contributed by atoms with Gasteiger partial charge in [-0.25, -0.2) is 4.68 Å². The molecule has 7 heteroatoms. The first kappa shape index (κ1) is 12.3. The van der Waals surface area contributed by atoms with E-state index in [9.17, 15) is 4.21 Å². The van der Waals surface area contributed by atoms with Crippen molar-refractivity contribution in [2.45, 2.75) is 26.4 Å². The number of hydrogen-bond donors (Lipinski definition) is 1. The summed E-state index contributed by atoms with van der Waals surface area (Å²) >= 11 is 0. The summed E-state index contributed by atoms with van der Waals surface area (Å²) in [5.74, 6) is 1.39. The van der Waals surface area contributed by atoms with Crippen molar-refractivity contribution in [1.82, 2.24) is 25.5 Å². The van der Waals surface area contributed by atoms with E-state index in [4.69, 9.17) is 0 Å². The van der Waals surface area contributed by atoms with Crippen LogP contribution in [0.5, 0.6) is 0 Å². The molecule has 15 heavy (non-hydrogen) atoms. The molecule has 86 valence electrons. The zero-order valence-electron chi connectivity index (χ0n) is 9.14. The fourth-order valence-electron chi connectivity index (χ4n) is 1.12. The van der Waals surface area contributed by atoms with Crippen molar-refractivity contribution in [3.05, 3.63) is 5.82 Å². The second kappa shape index (κ2) is 6.62. The van der Waals surface area contributed by atoms with Crippen LogP contribution in [0.2, 0.25) is 0 Å². The van der Waals surface area contributed by atoms with Crippen LogP contribution in [0.3, 0.4) is 0 Å². The summed E-state index contributed by atoms with van der Waals surface area (Å²) in [5.41, 5.74) is 0. The van der Waals surface area contributed by atoms with E-state index in [-0.39, 0.29) is 0 Å². The first-order valence-electron chi connectivity index (χ1n) is 4.99.